The first-order chi connectivity index (χ1) is 8.66. The fourth-order valence-corrected chi connectivity index (χ4v) is 2.35. The number of alkyl halides is 2. The number of carbonyl (C=O) groups excluding carboxylic acids is 1. The zero-order chi connectivity index (χ0) is 13.0. The third-order valence-electron chi connectivity index (χ3n) is 3.52. The Balaban J connectivity index is 0.00000180. The number of nitrogens with zero attached hydrogens (tertiary/aromatic N) is 2. The van der Waals surface area contributed by atoms with Gasteiger partial charge >= 0.3 is 0 Å². The summed E-state index contributed by atoms with van der Waals surface area (Å²) in [6.07, 6.45) is 0.0478. The highest BCUT2D eigenvalue weighted by Crippen LogP contribution is 2.27. The van der Waals surface area contributed by atoms with E-state index in [-0.39, 0.29) is 30.9 Å². The molecule has 0 aromatic heterocycles. The maximum atomic E-state index is 12.4. The molecule has 1 saturated heterocycles. The van der Waals surface area contributed by atoms with Crippen molar-refractivity contribution < 1.29 is 13.6 Å². The second-order valence-electron chi connectivity index (χ2n) is 5.00. The van der Waals surface area contributed by atoms with Crippen LogP contribution in [0.4, 0.5) is 8.78 Å². The van der Waals surface area contributed by atoms with Gasteiger partial charge in [-0.2, -0.15) is 0 Å². The van der Waals surface area contributed by atoms with E-state index in [1.807, 2.05) is 4.90 Å². The van der Waals surface area contributed by atoms with Crippen LogP contribution in [0.5, 0.6) is 0 Å². The van der Waals surface area contributed by atoms with Gasteiger partial charge in [0.15, 0.2) is 0 Å². The van der Waals surface area contributed by atoms with Gasteiger partial charge in [0.05, 0.1) is 6.54 Å². The molecule has 4 nitrogen and oxygen atoms in total. The Bertz CT molecular complexity index is 284. The van der Waals surface area contributed by atoms with Crippen LogP contribution in [0.15, 0.2) is 0 Å². The Morgan fingerprint density at radius 1 is 1.32 bits per heavy atom. The van der Waals surface area contributed by atoms with Crippen molar-refractivity contribution in [3.05, 3.63) is 0 Å². The Morgan fingerprint density at radius 3 is 2.47 bits per heavy atom. The van der Waals surface area contributed by atoms with Gasteiger partial charge in [-0.15, -0.1) is 12.4 Å². The lowest BCUT2D eigenvalue weighted by Gasteiger charge is -2.29. The predicted octanol–water partition coefficient (Wildman–Crippen LogP) is 0.960. The van der Waals surface area contributed by atoms with E-state index in [1.165, 1.54) is 0 Å². The molecule has 1 amide bonds. The smallest absolute Gasteiger partial charge is 0.251 e. The predicted molar refractivity (Wildman–Crippen MR) is 71.9 cm³/mol. The lowest BCUT2D eigenvalue weighted by atomic mass is 10.3. The largest absolute Gasteiger partial charge is 0.340 e. The number of amides is 1. The van der Waals surface area contributed by atoms with Crippen LogP contribution >= 0.6 is 12.4 Å². The van der Waals surface area contributed by atoms with E-state index >= 15 is 0 Å². The maximum absolute atomic E-state index is 12.4. The Hall–Kier alpha value is -0.460. The Labute approximate surface area is 118 Å². The molecule has 0 unspecified atom stereocenters. The molecule has 2 rings (SSSR count). The van der Waals surface area contributed by atoms with Crippen molar-refractivity contribution in [2.24, 2.45) is 0 Å². The fraction of sp³-hybridized carbons (Fsp3) is 0.917. The van der Waals surface area contributed by atoms with E-state index in [0.29, 0.717) is 13.0 Å². The first kappa shape index (κ1) is 16.6. The molecule has 0 aromatic rings. The fourth-order valence-electron chi connectivity index (χ4n) is 2.35. The van der Waals surface area contributed by atoms with Crippen LogP contribution in [0, 0.1) is 0 Å². The minimum absolute atomic E-state index is 0. The van der Waals surface area contributed by atoms with Crippen molar-refractivity contribution in [3.8, 4) is 0 Å². The van der Waals surface area contributed by atoms with Crippen molar-refractivity contribution in [1.29, 1.82) is 0 Å². The maximum Gasteiger partial charge on any atom is 0.251 e. The molecule has 1 aliphatic carbocycles. The molecule has 1 heterocycles. The Kier molecular flexibility index (Phi) is 6.96. The topological polar surface area (TPSA) is 35.6 Å². The van der Waals surface area contributed by atoms with E-state index in [4.69, 9.17) is 0 Å². The highest BCUT2D eigenvalue weighted by Gasteiger charge is 2.31. The SMILES string of the molecule is Cl.O=C(CCN(CC(F)F)C1CC1)N1CCNCC1. The minimum atomic E-state index is -2.31. The highest BCUT2D eigenvalue weighted by molar-refractivity contribution is 5.85. The van der Waals surface area contributed by atoms with Crippen LogP contribution in [0.25, 0.3) is 0 Å². The molecule has 2 aliphatic rings. The van der Waals surface area contributed by atoms with Gasteiger partial charge in [0.1, 0.15) is 0 Å². The number of hydrogen-bond donors (Lipinski definition) is 1. The zero-order valence-corrected chi connectivity index (χ0v) is 11.8. The van der Waals surface area contributed by atoms with Gasteiger partial charge < -0.3 is 10.2 Å². The monoisotopic (exact) mass is 297 g/mol. The Morgan fingerprint density at radius 2 is 1.95 bits per heavy atom. The summed E-state index contributed by atoms with van der Waals surface area (Å²) in [5, 5.41) is 3.19. The molecule has 0 radical (unpaired) electrons. The van der Waals surface area contributed by atoms with Crippen LogP contribution in [0.3, 0.4) is 0 Å². The van der Waals surface area contributed by atoms with Gasteiger partial charge in [0.2, 0.25) is 5.91 Å². The van der Waals surface area contributed by atoms with Crippen LogP contribution < -0.4 is 5.32 Å². The van der Waals surface area contributed by atoms with E-state index < -0.39 is 6.43 Å². The van der Waals surface area contributed by atoms with Crippen molar-refractivity contribution in [1.82, 2.24) is 15.1 Å². The van der Waals surface area contributed by atoms with Gasteiger partial charge in [-0.1, -0.05) is 0 Å². The summed E-state index contributed by atoms with van der Waals surface area (Å²) in [7, 11) is 0. The van der Waals surface area contributed by atoms with E-state index in [9.17, 15) is 13.6 Å². The first-order valence-electron chi connectivity index (χ1n) is 6.67. The van der Waals surface area contributed by atoms with Gasteiger partial charge in [-0.3, -0.25) is 9.69 Å². The number of rotatable bonds is 6. The normalized spacial score (nSPS) is 19.7. The number of piperazine rings is 1. The zero-order valence-electron chi connectivity index (χ0n) is 11.0. The standard InChI is InChI=1S/C12H21F2N3O.ClH/c13-11(14)9-17(10-1-2-10)6-3-12(18)16-7-4-15-5-8-16;/h10-11,15H,1-9H2;1H. The number of halogens is 3. The third kappa shape index (κ3) is 5.58. The van der Waals surface area contributed by atoms with Crippen molar-refractivity contribution >= 4 is 18.3 Å². The molecule has 0 aromatic carbocycles. The van der Waals surface area contributed by atoms with Crippen LogP contribution in [0.1, 0.15) is 19.3 Å². The molecular formula is C12H22ClF2N3O. The first-order valence-corrected chi connectivity index (χ1v) is 6.67. The number of nitrogens with one attached hydrogen (secondary N) is 1. The van der Waals surface area contributed by atoms with Crippen molar-refractivity contribution in [2.45, 2.75) is 31.7 Å². The molecule has 7 heteroatoms. The molecule has 1 aliphatic heterocycles. The molecule has 1 N–H and O–H groups in total. The molecule has 0 spiro atoms. The molecule has 19 heavy (non-hydrogen) atoms. The average Bonchev–Trinajstić information content (AvgIpc) is 3.19. The molecule has 2 fully saturated rings. The lowest BCUT2D eigenvalue weighted by Crippen LogP contribution is -2.47. The van der Waals surface area contributed by atoms with Crippen LogP contribution in [-0.4, -0.2) is 67.4 Å². The van der Waals surface area contributed by atoms with Crippen LogP contribution in [-0.2, 0) is 4.79 Å². The summed E-state index contributed by atoms with van der Waals surface area (Å²) in [6.45, 7) is 3.40. The van der Waals surface area contributed by atoms with Gasteiger partial charge in [-0.25, -0.2) is 8.78 Å². The summed E-state index contributed by atoms with van der Waals surface area (Å²) in [6, 6.07) is 0.287. The molecule has 1 saturated carbocycles. The van der Waals surface area contributed by atoms with Gasteiger partial charge in [0, 0.05) is 45.2 Å². The van der Waals surface area contributed by atoms with Crippen molar-refractivity contribution in [2.75, 3.05) is 39.3 Å². The molecular weight excluding hydrogens is 276 g/mol. The summed E-state index contributed by atoms with van der Waals surface area (Å²) in [4.78, 5) is 15.5. The molecule has 0 bridgehead atoms. The van der Waals surface area contributed by atoms with E-state index in [2.05, 4.69) is 5.32 Å². The second-order valence-corrected chi connectivity index (χ2v) is 5.00. The number of carbonyl (C=O) groups is 1. The molecule has 0 atom stereocenters. The number of hydrogen-bond acceptors (Lipinski definition) is 3. The van der Waals surface area contributed by atoms with E-state index in [1.54, 1.807) is 4.90 Å². The second kappa shape index (κ2) is 7.97. The van der Waals surface area contributed by atoms with Crippen LogP contribution in [0.2, 0.25) is 0 Å². The van der Waals surface area contributed by atoms with Gasteiger partial charge in [-0.05, 0) is 12.8 Å². The highest BCUT2D eigenvalue weighted by atomic mass is 35.5. The summed E-state index contributed by atoms with van der Waals surface area (Å²) in [5.74, 6) is 0.0939. The third-order valence-corrected chi connectivity index (χ3v) is 3.52. The molecule has 112 valence electrons. The summed E-state index contributed by atoms with van der Waals surface area (Å²) in [5.41, 5.74) is 0. The lowest BCUT2D eigenvalue weighted by molar-refractivity contribution is -0.132. The minimum Gasteiger partial charge on any atom is -0.340 e. The van der Waals surface area contributed by atoms with Crippen molar-refractivity contribution in [3.63, 3.8) is 0 Å². The van der Waals surface area contributed by atoms with Gasteiger partial charge in [0.25, 0.3) is 6.43 Å². The average molecular weight is 298 g/mol. The summed E-state index contributed by atoms with van der Waals surface area (Å²) >= 11 is 0. The summed E-state index contributed by atoms with van der Waals surface area (Å²) < 4.78 is 24.8. The quantitative estimate of drug-likeness (QED) is 0.793. The van der Waals surface area contributed by atoms with E-state index in [0.717, 1.165) is 39.0 Å².